The van der Waals surface area contributed by atoms with Crippen molar-refractivity contribution in [3.8, 4) is 0 Å². The van der Waals surface area contributed by atoms with Gasteiger partial charge >= 0.3 is 5.97 Å². The van der Waals surface area contributed by atoms with Gasteiger partial charge in [0.15, 0.2) is 6.61 Å². The van der Waals surface area contributed by atoms with Crippen molar-refractivity contribution >= 4 is 40.5 Å². The Morgan fingerprint density at radius 1 is 1.28 bits per heavy atom. The van der Waals surface area contributed by atoms with Crippen LogP contribution in [0.5, 0.6) is 0 Å². The minimum atomic E-state index is -0.874. The summed E-state index contributed by atoms with van der Waals surface area (Å²) in [4.78, 5) is 33.9. The third-order valence-corrected chi connectivity index (χ3v) is 3.51. The normalized spacial score (nSPS) is 10.2. The van der Waals surface area contributed by atoms with Gasteiger partial charge in [0.2, 0.25) is 0 Å². The first-order valence-electron chi connectivity index (χ1n) is 7.05. The maximum absolute atomic E-state index is 11.9. The van der Waals surface area contributed by atoms with Gasteiger partial charge < -0.3 is 15.8 Å². The summed E-state index contributed by atoms with van der Waals surface area (Å²) in [6.45, 7) is 1.23. The van der Waals surface area contributed by atoms with Gasteiger partial charge in [0.25, 0.3) is 11.6 Å². The summed E-state index contributed by atoms with van der Waals surface area (Å²) >= 11 is 5.86. The van der Waals surface area contributed by atoms with Crippen molar-refractivity contribution in [2.75, 3.05) is 17.7 Å². The van der Waals surface area contributed by atoms with Crippen molar-refractivity contribution in [2.45, 2.75) is 6.92 Å². The first-order chi connectivity index (χ1) is 11.8. The second-order valence-corrected chi connectivity index (χ2v) is 5.55. The highest BCUT2D eigenvalue weighted by Gasteiger charge is 2.17. The number of nitrogens with two attached hydrogens (primary N) is 1. The number of nitro groups is 1. The van der Waals surface area contributed by atoms with Gasteiger partial charge in [-0.15, -0.1) is 0 Å². The van der Waals surface area contributed by atoms with Crippen LogP contribution in [0.25, 0.3) is 0 Å². The summed E-state index contributed by atoms with van der Waals surface area (Å²) in [6.07, 6.45) is 0. The van der Waals surface area contributed by atoms with Crippen LogP contribution < -0.4 is 11.1 Å². The SMILES string of the molecule is Cc1ccc(Cl)cc1NC(=O)COC(=O)c1ccc(N)c([N+](=O)[O-])c1. The smallest absolute Gasteiger partial charge is 0.338 e. The lowest BCUT2D eigenvalue weighted by Crippen LogP contribution is -2.21. The van der Waals surface area contributed by atoms with Crippen LogP contribution in [0.15, 0.2) is 36.4 Å². The average molecular weight is 364 g/mol. The number of esters is 1. The van der Waals surface area contributed by atoms with Crippen LogP contribution in [-0.2, 0) is 9.53 Å². The van der Waals surface area contributed by atoms with Gasteiger partial charge in [-0.25, -0.2) is 4.79 Å². The second kappa shape index (κ2) is 7.63. The zero-order valence-corrected chi connectivity index (χ0v) is 13.9. The molecule has 0 saturated carbocycles. The highest BCUT2D eigenvalue weighted by atomic mass is 35.5. The van der Waals surface area contributed by atoms with Crippen molar-refractivity contribution < 1.29 is 19.2 Å². The van der Waals surface area contributed by atoms with E-state index in [-0.39, 0.29) is 11.3 Å². The lowest BCUT2D eigenvalue weighted by molar-refractivity contribution is -0.383. The summed E-state index contributed by atoms with van der Waals surface area (Å²) < 4.78 is 4.86. The number of ether oxygens (including phenoxy) is 1. The number of amides is 1. The number of nitrogens with zero attached hydrogens (tertiary/aromatic N) is 1. The van der Waals surface area contributed by atoms with Crippen LogP contribution in [0, 0.1) is 17.0 Å². The van der Waals surface area contributed by atoms with Gasteiger partial charge in [0.05, 0.1) is 10.5 Å². The Labute approximate surface area is 147 Å². The Morgan fingerprint density at radius 2 is 2.00 bits per heavy atom. The molecule has 2 rings (SSSR count). The minimum Gasteiger partial charge on any atom is -0.452 e. The molecule has 2 aromatic rings. The molecule has 0 aliphatic carbocycles. The topological polar surface area (TPSA) is 125 Å². The molecule has 9 heteroatoms. The fraction of sp³-hybridized carbons (Fsp3) is 0.125. The zero-order chi connectivity index (χ0) is 18.6. The van der Waals surface area contributed by atoms with Crippen LogP contribution in [0.3, 0.4) is 0 Å². The molecule has 130 valence electrons. The Morgan fingerprint density at radius 3 is 2.68 bits per heavy atom. The third kappa shape index (κ3) is 4.67. The van der Waals surface area contributed by atoms with E-state index in [0.29, 0.717) is 10.7 Å². The standard InChI is InChI=1S/C16H14ClN3O5/c1-9-2-4-11(17)7-13(9)19-15(21)8-25-16(22)10-3-5-12(18)14(6-10)20(23)24/h2-7H,8,18H2,1H3,(H,19,21). The predicted molar refractivity (Wildman–Crippen MR) is 92.6 cm³/mol. The molecule has 0 spiro atoms. The predicted octanol–water partition coefficient (Wildman–Crippen LogP) is 2.93. The van der Waals surface area contributed by atoms with E-state index < -0.39 is 29.1 Å². The number of hydrogen-bond acceptors (Lipinski definition) is 6. The van der Waals surface area contributed by atoms with E-state index in [0.717, 1.165) is 11.6 Å². The summed E-state index contributed by atoms with van der Waals surface area (Å²) in [5.74, 6) is -1.44. The number of nitro benzene ring substituents is 1. The van der Waals surface area contributed by atoms with Crippen molar-refractivity contribution in [3.05, 3.63) is 62.7 Å². The van der Waals surface area contributed by atoms with Crippen molar-refractivity contribution in [1.29, 1.82) is 0 Å². The molecule has 0 aromatic heterocycles. The first kappa shape index (κ1) is 18.2. The first-order valence-corrected chi connectivity index (χ1v) is 7.43. The number of carbonyl (C=O) groups is 2. The molecule has 0 unspecified atom stereocenters. The Kier molecular flexibility index (Phi) is 5.56. The van der Waals surface area contributed by atoms with Gasteiger partial charge in [-0.1, -0.05) is 17.7 Å². The molecule has 0 heterocycles. The largest absolute Gasteiger partial charge is 0.452 e. The second-order valence-electron chi connectivity index (χ2n) is 5.11. The van der Waals surface area contributed by atoms with Gasteiger partial charge in [-0.05, 0) is 36.8 Å². The van der Waals surface area contributed by atoms with E-state index in [1.807, 2.05) is 0 Å². The van der Waals surface area contributed by atoms with E-state index in [9.17, 15) is 19.7 Å². The number of carbonyl (C=O) groups excluding carboxylic acids is 2. The lowest BCUT2D eigenvalue weighted by Gasteiger charge is -2.09. The van der Waals surface area contributed by atoms with Gasteiger partial charge in [0, 0.05) is 16.8 Å². The Bertz CT molecular complexity index is 854. The molecule has 0 aliphatic heterocycles. The molecule has 0 radical (unpaired) electrons. The van der Waals surface area contributed by atoms with E-state index in [4.69, 9.17) is 22.1 Å². The highest BCUT2D eigenvalue weighted by molar-refractivity contribution is 6.31. The van der Waals surface area contributed by atoms with Crippen molar-refractivity contribution in [2.24, 2.45) is 0 Å². The summed E-state index contributed by atoms with van der Waals surface area (Å²) in [6, 6.07) is 8.49. The maximum Gasteiger partial charge on any atom is 0.338 e. The highest BCUT2D eigenvalue weighted by Crippen LogP contribution is 2.23. The number of benzene rings is 2. The number of rotatable bonds is 5. The van der Waals surface area contributed by atoms with E-state index in [1.54, 1.807) is 25.1 Å². The van der Waals surface area contributed by atoms with Crippen LogP contribution in [0.4, 0.5) is 17.1 Å². The van der Waals surface area contributed by atoms with E-state index in [1.165, 1.54) is 12.1 Å². The molecular formula is C16H14ClN3O5. The molecule has 1 amide bonds. The molecule has 2 aromatic carbocycles. The summed E-state index contributed by atoms with van der Waals surface area (Å²) in [5, 5.41) is 13.8. The van der Waals surface area contributed by atoms with Gasteiger partial charge in [0.1, 0.15) is 5.69 Å². The fourth-order valence-corrected chi connectivity index (χ4v) is 2.13. The van der Waals surface area contributed by atoms with Gasteiger partial charge in [-0.2, -0.15) is 0 Å². The number of aryl methyl sites for hydroxylation is 1. The molecule has 3 N–H and O–H groups in total. The third-order valence-electron chi connectivity index (χ3n) is 3.27. The fourth-order valence-electron chi connectivity index (χ4n) is 1.96. The molecule has 25 heavy (non-hydrogen) atoms. The molecule has 0 fully saturated rings. The zero-order valence-electron chi connectivity index (χ0n) is 13.1. The van der Waals surface area contributed by atoms with E-state index in [2.05, 4.69) is 5.32 Å². The molecule has 0 aliphatic rings. The number of halogens is 1. The molecule has 0 bridgehead atoms. The molecular weight excluding hydrogens is 350 g/mol. The monoisotopic (exact) mass is 363 g/mol. The molecule has 0 saturated heterocycles. The Balaban J connectivity index is 2.00. The molecule has 0 atom stereocenters. The maximum atomic E-state index is 11.9. The van der Waals surface area contributed by atoms with Crippen LogP contribution >= 0.6 is 11.6 Å². The summed E-state index contributed by atoms with van der Waals surface area (Å²) in [7, 11) is 0. The van der Waals surface area contributed by atoms with Crippen molar-refractivity contribution in [1.82, 2.24) is 0 Å². The summed E-state index contributed by atoms with van der Waals surface area (Å²) in [5.41, 5.74) is 6.18. The quantitative estimate of drug-likeness (QED) is 0.364. The van der Waals surface area contributed by atoms with Crippen molar-refractivity contribution in [3.63, 3.8) is 0 Å². The number of anilines is 2. The van der Waals surface area contributed by atoms with E-state index >= 15 is 0 Å². The van der Waals surface area contributed by atoms with Crippen LogP contribution in [0.1, 0.15) is 15.9 Å². The van der Waals surface area contributed by atoms with Crippen LogP contribution in [0.2, 0.25) is 5.02 Å². The number of nitrogens with one attached hydrogen (secondary N) is 1. The number of nitrogen functional groups attached to an aromatic ring is 1. The molecule has 8 nitrogen and oxygen atoms in total. The number of hydrogen-bond donors (Lipinski definition) is 2. The Hall–Kier alpha value is -3.13. The average Bonchev–Trinajstić information content (AvgIpc) is 2.56. The lowest BCUT2D eigenvalue weighted by atomic mass is 10.2. The van der Waals surface area contributed by atoms with Gasteiger partial charge in [-0.3, -0.25) is 14.9 Å². The van der Waals surface area contributed by atoms with Crippen LogP contribution in [-0.4, -0.2) is 23.4 Å². The minimum absolute atomic E-state index is 0.0734.